The Bertz CT molecular complexity index is 1330. The first-order valence-electron chi connectivity index (χ1n) is 11.6. The van der Waals surface area contributed by atoms with E-state index in [9.17, 15) is 4.79 Å². The predicted molar refractivity (Wildman–Crippen MR) is 138 cm³/mol. The molecule has 2 aromatic heterocycles. The Morgan fingerprint density at radius 1 is 1.50 bits per heavy atom. The van der Waals surface area contributed by atoms with Crippen LogP contribution in [0.1, 0.15) is 61.1 Å². The molecule has 4 rings (SSSR count). The Labute approximate surface area is 221 Å². The molecule has 12 heteroatoms. The lowest BCUT2D eigenvalue weighted by molar-refractivity contribution is 0.0669. The molecule has 8 nitrogen and oxygen atoms in total. The zero-order valence-corrected chi connectivity index (χ0v) is 23.3. The van der Waals surface area contributed by atoms with E-state index < -0.39 is 22.0 Å². The topological polar surface area (TPSA) is 104 Å². The number of nitrogens with zero attached hydrogens (tertiary/aromatic N) is 3. The maximum Gasteiger partial charge on any atom is 0.258 e. The molecule has 6 radical (unpaired) electrons. The molecule has 3 aromatic rings. The van der Waals surface area contributed by atoms with Gasteiger partial charge in [0, 0.05) is 46.4 Å². The van der Waals surface area contributed by atoms with E-state index in [-0.39, 0.29) is 29.0 Å². The zero-order valence-electron chi connectivity index (χ0n) is 20.5. The Hall–Kier alpha value is -2.48. The van der Waals surface area contributed by atoms with Crippen molar-refractivity contribution in [2.45, 2.75) is 56.9 Å². The van der Waals surface area contributed by atoms with E-state index in [0.29, 0.717) is 41.4 Å². The number of benzene rings is 1. The molecule has 0 bridgehead atoms. The van der Waals surface area contributed by atoms with Gasteiger partial charge in [-0.2, -0.15) is 0 Å². The second-order valence-corrected chi connectivity index (χ2v) is 11.7. The number of carbonyl (C=O) groups excluding carboxylic acids is 1. The number of ether oxygens (including phenoxy) is 2. The second kappa shape index (κ2) is 9.77. The van der Waals surface area contributed by atoms with Gasteiger partial charge in [0.05, 0.1) is 32.3 Å². The van der Waals surface area contributed by atoms with Crippen LogP contribution < -0.4 is 15.8 Å². The lowest BCUT2D eigenvalue weighted by Gasteiger charge is -2.30. The van der Waals surface area contributed by atoms with Gasteiger partial charge < -0.3 is 20.5 Å². The number of carbonyl (C=O) groups is 1. The van der Waals surface area contributed by atoms with Gasteiger partial charge in [-0.25, -0.2) is 14.4 Å². The summed E-state index contributed by atoms with van der Waals surface area (Å²) in [4.78, 5) is 22.2. The van der Waals surface area contributed by atoms with Crippen molar-refractivity contribution in [3.8, 4) is 5.75 Å². The maximum atomic E-state index is 15.5. The van der Waals surface area contributed by atoms with Crippen molar-refractivity contribution in [1.29, 1.82) is 0 Å². The number of amides is 1. The Morgan fingerprint density at radius 2 is 2.22 bits per heavy atom. The Balaban J connectivity index is 1.87. The van der Waals surface area contributed by atoms with E-state index in [4.69, 9.17) is 31.8 Å². The largest absolute Gasteiger partial charge is 0.490 e. The number of nitrogen functional groups attached to an aromatic ring is 1. The highest BCUT2D eigenvalue weighted by atomic mass is 35.5. The van der Waals surface area contributed by atoms with E-state index in [0.717, 1.165) is 6.42 Å². The first-order valence-corrected chi connectivity index (χ1v) is 12.9. The Morgan fingerprint density at radius 3 is 2.86 bits per heavy atom. The minimum absolute atomic E-state index is 0.0636. The number of halogens is 2. The van der Waals surface area contributed by atoms with Crippen molar-refractivity contribution in [2.24, 2.45) is 0 Å². The highest BCUT2D eigenvalue weighted by Gasteiger charge is 2.38. The summed E-state index contributed by atoms with van der Waals surface area (Å²) < 4.78 is 29.0. The minimum Gasteiger partial charge on any atom is -0.490 e. The fraction of sp³-hybridized carbons (Fsp3) is 0.458. The number of hydrogen-bond donors (Lipinski definition) is 2. The normalized spacial score (nSPS) is 19.6. The van der Waals surface area contributed by atoms with Crippen LogP contribution in [0.5, 0.6) is 5.75 Å². The number of hydrogen-bond acceptors (Lipinski definition) is 6. The number of aryl methyl sites for hydroxylation is 1. The Kier molecular flexibility index (Phi) is 7.21. The number of imidazole rings is 1. The molecule has 3 N–H and O–H groups in total. The quantitative estimate of drug-likeness (QED) is 0.444. The van der Waals surface area contributed by atoms with Crippen LogP contribution in [0.25, 0.3) is 5.52 Å². The standard InChI is InChI=1S/C24H27ClFN5O3Si2/c1-12(2)34-19-14(23(4,35)22-30-13(3)18-20(27)28-7-8-31(18)22)10-15(25)17(26)16(19)21(32)29-11-24(36)6-5-9-33-24/h7-8,10,12H,5-6,9,11H2,1-4H3,(H2,27,28)(H,29,32)/t23-,24+/m0/s1. The van der Waals surface area contributed by atoms with Crippen LogP contribution >= 0.6 is 11.6 Å². The molecule has 0 aliphatic carbocycles. The van der Waals surface area contributed by atoms with Crippen LogP contribution in [-0.2, 0) is 9.78 Å². The summed E-state index contributed by atoms with van der Waals surface area (Å²) in [6, 6.07) is 1.45. The lowest BCUT2D eigenvalue weighted by atomic mass is 9.94. The zero-order chi connectivity index (χ0) is 26.4. The van der Waals surface area contributed by atoms with Crippen LogP contribution in [0.4, 0.5) is 10.2 Å². The molecule has 1 aliphatic heterocycles. The molecule has 0 saturated carbocycles. The third kappa shape index (κ3) is 4.76. The summed E-state index contributed by atoms with van der Waals surface area (Å²) in [7, 11) is 7.43. The number of fused-ring (bicyclic) bond motifs is 1. The van der Waals surface area contributed by atoms with Crippen molar-refractivity contribution in [3.63, 3.8) is 0 Å². The predicted octanol–water partition coefficient (Wildman–Crippen LogP) is 3.04. The minimum atomic E-state index is -1.06. The van der Waals surface area contributed by atoms with Gasteiger partial charge in [0.2, 0.25) is 0 Å². The van der Waals surface area contributed by atoms with Crippen LogP contribution in [0.3, 0.4) is 0 Å². The molecular formula is C24H27ClFN5O3Si2. The second-order valence-electron chi connectivity index (χ2n) is 9.40. The van der Waals surface area contributed by atoms with Crippen molar-refractivity contribution >= 4 is 49.3 Å². The van der Waals surface area contributed by atoms with Gasteiger partial charge in [-0.15, -0.1) is 0 Å². The molecule has 1 aromatic carbocycles. The van der Waals surface area contributed by atoms with Gasteiger partial charge in [0.25, 0.3) is 5.91 Å². The summed E-state index contributed by atoms with van der Waals surface area (Å²) in [5.74, 6) is -0.621. The highest BCUT2D eigenvalue weighted by Crippen LogP contribution is 2.42. The van der Waals surface area contributed by atoms with Gasteiger partial charge >= 0.3 is 0 Å². The third-order valence-corrected chi connectivity index (χ3v) is 7.47. The summed E-state index contributed by atoms with van der Waals surface area (Å²) >= 11 is 6.34. The molecule has 3 heterocycles. The molecule has 1 fully saturated rings. The fourth-order valence-corrected chi connectivity index (χ4v) is 5.34. The van der Waals surface area contributed by atoms with Crippen molar-refractivity contribution in [1.82, 2.24) is 19.7 Å². The smallest absolute Gasteiger partial charge is 0.258 e. The van der Waals surface area contributed by atoms with E-state index in [2.05, 4.69) is 30.8 Å². The van der Waals surface area contributed by atoms with Crippen molar-refractivity contribution in [2.75, 3.05) is 18.9 Å². The molecule has 1 aliphatic rings. The molecule has 188 valence electrons. The van der Waals surface area contributed by atoms with E-state index in [1.165, 1.54) is 6.07 Å². The van der Waals surface area contributed by atoms with Crippen LogP contribution in [0.2, 0.25) is 5.02 Å². The molecule has 0 unspecified atom stereocenters. The van der Waals surface area contributed by atoms with Gasteiger partial charge in [0.15, 0.2) is 5.82 Å². The number of aromatic nitrogens is 3. The molecule has 36 heavy (non-hydrogen) atoms. The lowest BCUT2D eigenvalue weighted by Crippen LogP contribution is -2.43. The van der Waals surface area contributed by atoms with Gasteiger partial charge in [-0.3, -0.25) is 9.20 Å². The van der Waals surface area contributed by atoms with Crippen LogP contribution in [0.15, 0.2) is 18.5 Å². The van der Waals surface area contributed by atoms with Gasteiger partial charge in [-0.1, -0.05) is 18.5 Å². The molecular weight excluding hydrogens is 517 g/mol. The maximum absolute atomic E-state index is 15.5. The summed E-state index contributed by atoms with van der Waals surface area (Å²) in [6.07, 6.45) is 4.51. The van der Waals surface area contributed by atoms with Crippen molar-refractivity contribution < 1.29 is 18.7 Å². The first-order chi connectivity index (χ1) is 16.9. The average Bonchev–Trinajstić information content (AvgIpc) is 3.39. The number of rotatable bonds is 7. The van der Waals surface area contributed by atoms with Crippen molar-refractivity contribution in [3.05, 3.63) is 51.9 Å². The van der Waals surface area contributed by atoms with Crippen LogP contribution in [0, 0.1) is 12.7 Å². The molecule has 2 atom stereocenters. The summed E-state index contributed by atoms with van der Waals surface area (Å²) in [6.45, 7) is 7.96. The third-order valence-electron chi connectivity index (χ3n) is 6.13. The molecule has 0 spiro atoms. The monoisotopic (exact) mass is 543 g/mol. The SMILES string of the molecule is Cc1nc([C@@](C)([Si])c2cc(Cl)c(F)c(C(=O)NC[C@]3([Si])CCCO3)c2OC(C)C)n2ccnc(N)c12. The molecule has 1 amide bonds. The highest BCUT2D eigenvalue weighted by molar-refractivity contribution is 6.31. The molecule has 1 saturated heterocycles. The van der Waals surface area contributed by atoms with Gasteiger partial charge in [0.1, 0.15) is 28.5 Å². The summed E-state index contributed by atoms with van der Waals surface area (Å²) in [5.41, 5.74) is 7.55. The number of nitrogens with two attached hydrogens (primary N) is 1. The first kappa shape index (κ1) is 26.6. The van der Waals surface area contributed by atoms with E-state index >= 15 is 4.39 Å². The average molecular weight is 544 g/mol. The van der Waals surface area contributed by atoms with E-state index in [1.807, 2.05) is 13.8 Å². The fourth-order valence-electron chi connectivity index (χ4n) is 4.40. The summed E-state index contributed by atoms with van der Waals surface area (Å²) in [5, 5.41) is 0.787. The number of anilines is 1. The van der Waals surface area contributed by atoms with Crippen LogP contribution in [-0.4, -0.2) is 65.2 Å². The van der Waals surface area contributed by atoms with E-state index in [1.54, 1.807) is 30.6 Å². The van der Waals surface area contributed by atoms with Gasteiger partial charge in [-0.05, 0) is 39.7 Å². The number of nitrogens with one attached hydrogen (secondary N) is 1.